The first-order valence-corrected chi connectivity index (χ1v) is 11.2. The van der Waals surface area contributed by atoms with Gasteiger partial charge >= 0.3 is 0 Å². The van der Waals surface area contributed by atoms with Crippen LogP contribution < -0.4 is 5.32 Å². The van der Waals surface area contributed by atoms with Crippen molar-refractivity contribution in [1.29, 1.82) is 5.26 Å². The van der Waals surface area contributed by atoms with Crippen molar-refractivity contribution in [3.63, 3.8) is 0 Å². The third-order valence-electron chi connectivity index (χ3n) is 5.04. The zero-order valence-corrected chi connectivity index (χ0v) is 21.2. The first kappa shape index (κ1) is 24.7. The van der Waals surface area contributed by atoms with E-state index in [1.54, 1.807) is 39.0 Å². The Morgan fingerprint density at radius 2 is 1.97 bits per heavy atom. The summed E-state index contributed by atoms with van der Waals surface area (Å²) in [5, 5.41) is 17.1. The number of nitrogens with one attached hydrogen (secondary N) is 1. The summed E-state index contributed by atoms with van der Waals surface area (Å²) in [4.78, 5) is 32.0. The fourth-order valence-corrected chi connectivity index (χ4v) is 3.82. The Morgan fingerprint density at radius 1 is 1.27 bits per heavy atom. The summed E-state index contributed by atoms with van der Waals surface area (Å²) in [5.41, 5.74) is 0.0591. The van der Waals surface area contributed by atoms with Gasteiger partial charge in [0.05, 0.1) is 22.3 Å². The smallest absolute Gasteiger partial charge is 0.274 e. The maximum absolute atomic E-state index is 13.3. The molecule has 170 valence electrons. The lowest BCUT2D eigenvalue weighted by Gasteiger charge is -2.30. The summed E-state index contributed by atoms with van der Waals surface area (Å²) >= 11 is 15.7. The van der Waals surface area contributed by atoms with E-state index in [1.807, 2.05) is 0 Å². The fraction of sp³-hybridized carbons (Fsp3) is 0.227. The molecule has 0 unspecified atom stereocenters. The third-order valence-corrected chi connectivity index (χ3v) is 5.94. The third kappa shape index (κ3) is 5.03. The second kappa shape index (κ2) is 9.51. The lowest BCUT2D eigenvalue weighted by atomic mass is 10.0. The summed E-state index contributed by atoms with van der Waals surface area (Å²) in [6, 6.07) is 9.99. The van der Waals surface area contributed by atoms with E-state index in [0.29, 0.717) is 20.2 Å². The van der Waals surface area contributed by atoms with Gasteiger partial charge in [-0.2, -0.15) is 10.4 Å². The molecule has 0 aliphatic carbocycles. The molecule has 3 rings (SSSR count). The van der Waals surface area contributed by atoms with Crippen LogP contribution in [-0.2, 0) is 0 Å². The monoisotopic (exact) mass is 548 g/mol. The highest BCUT2D eigenvalue weighted by Gasteiger charge is 2.31. The second-order valence-electron chi connectivity index (χ2n) is 7.71. The Hall–Kier alpha value is -2.93. The van der Waals surface area contributed by atoms with E-state index >= 15 is 0 Å². The lowest BCUT2D eigenvalue weighted by molar-refractivity contribution is 0.0699. The summed E-state index contributed by atoms with van der Waals surface area (Å²) in [5.74, 6) is -0.740. The van der Waals surface area contributed by atoms with E-state index in [9.17, 15) is 14.9 Å². The molecule has 0 fully saturated rings. The summed E-state index contributed by atoms with van der Waals surface area (Å²) in [7, 11) is 1.52. The highest BCUT2D eigenvalue weighted by molar-refractivity contribution is 9.10. The number of carbonyl (C=O) groups is 2. The van der Waals surface area contributed by atoms with E-state index in [4.69, 9.17) is 23.2 Å². The van der Waals surface area contributed by atoms with Crippen LogP contribution in [0.25, 0.3) is 5.82 Å². The van der Waals surface area contributed by atoms with E-state index in [2.05, 4.69) is 37.4 Å². The van der Waals surface area contributed by atoms with Crippen molar-refractivity contribution >= 4 is 56.6 Å². The molecule has 8 nitrogen and oxygen atoms in total. The van der Waals surface area contributed by atoms with Crippen molar-refractivity contribution < 1.29 is 9.59 Å². The zero-order valence-electron chi connectivity index (χ0n) is 18.2. The average molecular weight is 550 g/mol. The van der Waals surface area contributed by atoms with Gasteiger partial charge in [-0.3, -0.25) is 9.59 Å². The largest absolute Gasteiger partial charge is 0.323 e. The number of hydrogen-bond acceptors (Lipinski definition) is 5. The molecule has 2 amide bonds. The second-order valence-corrected chi connectivity index (χ2v) is 9.36. The Balaban J connectivity index is 2.06. The minimum atomic E-state index is -1.08. The fourth-order valence-electron chi connectivity index (χ4n) is 2.97. The van der Waals surface area contributed by atoms with Gasteiger partial charge in [0.2, 0.25) is 0 Å². The van der Waals surface area contributed by atoms with Gasteiger partial charge in [0.25, 0.3) is 11.8 Å². The average Bonchev–Trinajstić information content (AvgIpc) is 3.16. The maximum atomic E-state index is 13.3. The Bertz CT molecular complexity index is 1300. The molecule has 2 heterocycles. The van der Waals surface area contributed by atoms with E-state index < -0.39 is 17.4 Å². The highest BCUT2D eigenvalue weighted by atomic mass is 79.9. The number of hydrogen-bond donors (Lipinski definition) is 1. The number of aromatic nitrogens is 3. The van der Waals surface area contributed by atoms with Crippen LogP contribution in [0.1, 0.15) is 40.3 Å². The molecule has 0 spiro atoms. The number of nitrogens with zero attached hydrogens (tertiary/aromatic N) is 5. The molecule has 0 saturated heterocycles. The van der Waals surface area contributed by atoms with Crippen LogP contribution in [0.4, 0.5) is 5.69 Å². The molecule has 0 radical (unpaired) electrons. The Kier molecular flexibility index (Phi) is 7.12. The minimum Gasteiger partial charge on any atom is -0.323 e. The summed E-state index contributed by atoms with van der Waals surface area (Å²) in [6.07, 6.45) is 1.53. The van der Waals surface area contributed by atoms with Crippen molar-refractivity contribution in [2.24, 2.45) is 0 Å². The standard InChI is InChI=1S/C22H19BrCl2N6O2/c1-12-8-13(24)9-14(21(33)30(4)22(2,3)11-26)18(12)28-20(32)16-10-17(23)29-31(16)19-15(25)6-5-7-27-19/h5-10H,1-4H3,(H,28,32). The van der Waals surface area contributed by atoms with Crippen molar-refractivity contribution in [2.45, 2.75) is 26.3 Å². The minimum absolute atomic E-state index is 0.140. The normalized spacial score (nSPS) is 11.1. The van der Waals surface area contributed by atoms with Crippen LogP contribution >= 0.6 is 39.1 Å². The van der Waals surface area contributed by atoms with Gasteiger partial charge in [-0.05, 0) is 66.5 Å². The van der Waals surface area contributed by atoms with Crippen LogP contribution in [0.5, 0.6) is 0 Å². The number of nitriles is 1. The van der Waals surface area contributed by atoms with Gasteiger partial charge in [-0.15, -0.1) is 0 Å². The van der Waals surface area contributed by atoms with Crippen LogP contribution in [0, 0.1) is 18.3 Å². The molecule has 1 aromatic carbocycles. The molecular formula is C22H19BrCl2N6O2. The zero-order chi connectivity index (χ0) is 24.5. The predicted octanol–water partition coefficient (Wildman–Crippen LogP) is 5.27. The van der Waals surface area contributed by atoms with Crippen LogP contribution in [0.3, 0.4) is 0 Å². The van der Waals surface area contributed by atoms with Crippen LogP contribution in [-0.4, -0.2) is 44.1 Å². The molecule has 0 aliphatic rings. The highest BCUT2D eigenvalue weighted by Crippen LogP contribution is 2.29. The maximum Gasteiger partial charge on any atom is 0.274 e. The van der Waals surface area contributed by atoms with E-state index in [0.717, 1.165) is 0 Å². The quantitative estimate of drug-likeness (QED) is 0.466. The molecular weight excluding hydrogens is 531 g/mol. The van der Waals surface area contributed by atoms with Gasteiger partial charge in [0.1, 0.15) is 15.8 Å². The molecule has 3 aromatic rings. The molecule has 33 heavy (non-hydrogen) atoms. The number of anilines is 1. The molecule has 0 aliphatic heterocycles. The van der Waals surface area contributed by atoms with E-state index in [-0.39, 0.29) is 22.8 Å². The Labute approximate surface area is 209 Å². The number of benzene rings is 1. The SMILES string of the molecule is Cc1cc(Cl)cc(C(=O)N(C)C(C)(C)C#N)c1NC(=O)c1cc(Br)nn1-c1ncccc1Cl. The van der Waals surface area contributed by atoms with Gasteiger partial charge in [-0.1, -0.05) is 23.2 Å². The number of aryl methyl sites for hydroxylation is 1. The Morgan fingerprint density at radius 3 is 2.61 bits per heavy atom. The molecule has 11 heteroatoms. The molecule has 1 N–H and O–H groups in total. The van der Waals surface area contributed by atoms with E-state index in [1.165, 1.54) is 35.0 Å². The molecule has 0 bridgehead atoms. The van der Waals surface area contributed by atoms with Crippen molar-refractivity contribution in [1.82, 2.24) is 19.7 Å². The topological polar surface area (TPSA) is 104 Å². The van der Waals surface area contributed by atoms with Gasteiger partial charge in [0.15, 0.2) is 5.82 Å². The first-order chi connectivity index (χ1) is 15.5. The molecule has 0 saturated carbocycles. The van der Waals surface area contributed by atoms with Crippen molar-refractivity contribution in [2.75, 3.05) is 12.4 Å². The van der Waals surface area contributed by atoms with Crippen LogP contribution in [0.2, 0.25) is 10.0 Å². The number of halogens is 3. The molecule has 0 atom stereocenters. The van der Waals surface area contributed by atoms with Gasteiger partial charge in [0, 0.05) is 24.3 Å². The number of amides is 2. The van der Waals surface area contributed by atoms with Crippen molar-refractivity contribution in [3.8, 4) is 11.9 Å². The lowest BCUT2D eigenvalue weighted by Crippen LogP contribution is -2.44. The number of pyridine rings is 1. The summed E-state index contributed by atoms with van der Waals surface area (Å²) in [6.45, 7) is 4.96. The van der Waals surface area contributed by atoms with Crippen LogP contribution in [0.15, 0.2) is 41.1 Å². The van der Waals surface area contributed by atoms with Crippen molar-refractivity contribution in [3.05, 3.63) is 68.0 Å². The predicted molar refractivity (Wildman–Crippen MR) is 130 cm³/mol. The van der Waals surface area contributed by atoms with Gasteiger partial charge in [-0.25, -0.2) is 9.67 Å². The number of carbonyl (C=O) groups excluding carboxylic acids is 2. The first-order valence-electron chi connectivity index (χ1n) is 9.63. The number of rotatable bonds is 5. The van der Waals surface area contributed by atoms with Gasteiger partial charge < -0.3 is 10.2 Å². The summed E-state index contributed by atoms with van der Waals surface area (Å²) < 4.78 is 1.70. The molecule has 2 aromatic heterocycles.